The number of ether oxygens (including phenoxy) is 3. The number of anilines is 1. The first-order chi connectivity index (χ1) is 30.6. The van der Waals surface area contributed by atoms with Gasteiger partial charge in [0.1, 0.15) is 41.2 Å². The normalized spacial score (nSPS) is 25.6. The van der Waals surface area contributed by atoms with Crippen molar-refractivity contribution in [3.8, 4) is 17.6 Å². The van der Waals surface area contributed by atoms with Crippen LogP contribution in [0.25, 0.3) is 0 Å². The SMILES string of the molecule is N#Cc1ccc(OC2CCC(NC(=O)c3cnc(N4CCC(CN(C5CCOCC5)C5CC(Oc6ccc7c(c6)C(=O)N([C@@H]6CCC(=O)NC6=O)C7=O)C5)CC4)cn3)CC2)cc1Cl. The van der Waals surface area contributed by atoms with Gasteiger partial charge in [-0.05, 0) is 94.0 Å². The van der Waals surface area contributed by atoms with Gasteiger partial charge in [-0.25, -0.2) is 9.97 Å². The third-order valence-electron chi connectivity index (χ3n) is 13.6. The Hall–Kier alpha value is -5.63. The van der Waals surface area contributed by atoms with Crippen molar-refractivity contribution in [2.75, 3.05) is 37.7 Å². The Labute approximate surface area is 370 Å². The molecule has 2 saturated carbocycles. The Balaban J connectivity index is 0.733. The minimum atomic E-state index is -1.01. The minimum Gasteiger partial charge on any atom is -0.490 e. The maximum absolute atomic E-state index is 13.4. The van der Waals surface area contributed by atoms with E-state index in [4.69, 9.17) is 31.1 Å². The molecule has 5 heterocycles. The Morgan fingerprint density at radius 1 is 0.857 bits per heavy atom. The van der Waals surface area contributed by atoms with Crippen LogP contribution in [0.15, 0.2) is 48.8 Å². The van der Waals surface area contributed by atoms with E-state index in [-0.39, 0.29) is 48.1 Å². The van der Waals surface area contributed by atoms with E-state index in [9.17, 15) is 24.0 Å². The molecule has 9 rings (SSSR count). The van der Waals surface area contributed by atoms with Crippen LogP contribution in [-0.2, 0) is 14.3 Å². The van der Waals surface area contributed by atoms with E-state index in [1.54, 1.807) is 48.8 Å². The van der Waals surface area contributed by atoms with Crippen LogP contribution in [0.1, 0.15) is 114 Å². The molecule has 5 amide bonds. The van der Waals surface area contributed by atoms with E-state index in [1.807, 2.05) is 0 Å². The molecule has 330 valence electrons. The molecule has 0 bridgehead atoms. The number of hydrogen-bond acceptors (Lipinski definition) is 13. The predicted molar refractivity (Wildman–Crippen MR) is 228 cm³/mol. The van der Waals surface area contributed by atoms with Gasteiger partial charge >= 0.3 is 0 Å². The number of nitrogens with zero attached hydrogens (tertiary/aromatic N) is 6. The second-order valence-electron chi connectivity index (χ2n) is 17.6. The predicted octanol–water partition coefficient (Wildman–Crippen LogP) is 4.83. The maximum atomic E-state index is 13.4. The van der Waals surface area contributed by atoms with E-state index in [2.05, 4.69) is 36.5 Å². The first kappa shape index (κ1) is 42.7. The maximum Gasteiger partial charge on any atom is 0.271 e. The molecular weight excluding hydrogens is 828 g/mol. The molecule has 0 spiro atoms. The molecule has 2 aromatic carbocycles. The van der Waals surface area contributed by atoms with Crippen LogP contribution in [0, 0.1) is 17.2 Å². The smallest absolute Gasteiger partial charge is 0.271 e. The van der Waals surface area contributed by atoms with Gasteiger partial charge in [0.05, 0.1) is 40.2 Å². The number of piperidine rings is 2. The first-order valence-corrected chi connectivity index (χ1v) is 22.6. The van der Waals surface area contributed by atoms with Gasteiger partial charge in [-0.1, -0.05) is 11.6 Å². The van der Waals surface area contributed by atoms with Crippen molar-refractivity contribution < 1.29 is 38.2 Å². The number of aromatic nitrogens is 2. The quantitative estimate of drug-likeness (QED) is 0.235. The third-order valence-corrected chi connectivity index (χ3v) is 13.9. The van der Waals surface area contributed by atoms with Crippen LogP contribution in [-0.4, -0.2) is 119 Å². The number of carbonyl (C=O) groups is 5. The van der Waals surface area contributed by atoms with Gasteiger partial charge in [0.15, 0.2) is 0 Å². The van der Waals surface area contributed by atoms with Gasteiger partial charge in [0.25, 0.3) is 17.7 Å². The summed E-state index contributed by atoms with van der Waals surface area (Å²) in [6.45, 7) is 4.20. The molecule has 0 unspecified atom stereocenters. The van der Waals surface area contributed by atoms with Crippen molar-refractivity contribution in [2.45, 2.75) is 113 Å². The molecule has 16 nitrogen and oxygen atoms in total. The van der Waals surface area contributed by atoms with Crippen LogP contribution in [0.3, 0.4) is 0 Å². The molecule has 1 atom stereocenters. The lowest BCUT2D eigenvalue weighted by Gasteiger charge is -2.49. The summed E-state index contributed by atoms with van der Waals surface area (Å²) >= 11 is 6.16. The van der Waals surface area contributed by atoms with Crippen LogP contribution < -0.4 is 25.0 Å². The zero-order valence-corrected chi connectivity index (χ0v) is 35.8. The zero-order chi connectivity index (χ0) is 43.6. The number of imide groups is 2. The molecule has 5 fully saturated rings. The van der Waals surface area contributed by atoms with Crippen molar-refractivity contribution >= 4 is 47.0 Å². The average Bonchev–Trinajstić information content (AvgIpc) is 3.53. The molecular formula is C46H51ClN8O8. The summed E-state index contributed by atoms with van der Waals surface area (Å²) in [5.41, 5.74) is 1.16. The van der Waals surface area contributed by atoms with E-state index in [0.717, 1.165) is 108 Å². The number of fused-ring (bicyclic) bond motifs is 1. The van der Waals surface area contributed by atoms with Gasteiger partial charge in [0, 0.05) is 76.3 Å². The number of carbonyl (C=O) groups excluding carboxylic acids is 5. The number of nitriles is 1. The van der Waals surface area contributed by atoms with Gasteiger partial charge in [-0.15, -0.1) is 0 Å². The van der Waals surface area contributed by atoms with Gasteiger partial charge in [-0.3, -0.25) is 39.1 Å². The van der Waals surface area contributed by atoms with Gasteiger partial charge in [-0.2, -0.15) is 5.26 Å². The van der Waals surface area contributed by atoms with Crippen molar-refractivity contribution in [3.05, 3.63) is 76.2 Å². The van der Waals surface area contributed by atoms with E-state index < -0.39 is 29.7 Å². The average molecular weight is 879 g/mol. The fourth-order valence-electron chi connectivity index (χ4n) is 9.92. The van der Waals surface area contributed by atoms with Crippen LogP contribution in [0.5, 0.6) is 11.5 Å². The summed E-state index contributed by atoms with van der Waals surface area (Å²) in [4.78, 5) is 78.8. The second-order valence-corrected chi connectivity index (χ2v) is 18.0. The minimum absolute atomic E-state index is 0.0119. The van der Waals surface area contributed by atoms with Crippen molar-refractivity contribution in [2.24, 2.45) is 5.92 Å². The lowest BCUT2D eigenvalue weighted by Crippen LogP contribution is -2.56. The Kier molecular flexibility index (Phi) is 12.6. The molecule has 3 saturated heterocycles. The standard InChI is InChI=1S/C46H51ClN8O8/c47-38-22-34(4-1-28(38)23-48)62-32-5-2-29(3-6-32)51-43(57)39-24-50-41(25-49-39)53-15-11-27(12-16-53)26-54(30-13-17-61-18-14-30)31-19-35(20-31)63-33-7-8-36-37(21-33)46(60)55(45(36)59)40-9-10-42(56)52-44(40)58/h1,4,7-8,21-22,24-25,27,29-32,35,40H,2-3,5-6,9-20,26H2,(H,51,57)(H,52,56,58)/t29?,31?,32?,35?,40-/m1/s1. The first-order valence-electron chi connectivity index (χ1n) is 22.2. The number of amides is 5. The molecule has 0 radical (unpaired) electrons. The highest BCUT2D eigenvalue weighted by Crippen LogP contribution is 2.37. The van der Waals surface area contributed by atoms with E-state index >= 15 is 0 Å². The third kappa shape index (κ3) is 9.37. The Morgan fingerprint density at radius 2 is 1.57 bits per heavy atom. The van der Waals surface area contributed by atoms with Crippen molar-refractivity contribution in [1.29, 1.82) is 5.26 Å². The summed E-state index contributed by atoms with van der Waals surface area (Å²) in [5, 5.41) is 14.8. The highest BCUT2D eigenvalue weighted by atomic mass is 35.5. The summed E-state index contributed by atoms with van der Waals surface area (Å²) in [6, 6.07) is 11.9. The van der Waals surface area contributed by atoms with Gasteiger partial charge < -0.3 is 24.4 Å². The highest BCUT2D eigenvalue weighted by Gasteiger charge is 2.45. The molecule has 3 aromatic rings. The number of benzene rings is 2. The molecule has 6 aliphatic rings. The van der Waals surface area contributed by atoms with Gasteiger partial charge in [0.2, 0.25) is 11.8 Å². The monoisotopic (exact) mass is 878 g/mol. The van der Waals surface area contributed by atoms with Crippen LogP contribution in [0.2, 0.25) is 5.02 Å². The summed E-state index contributed by atoms with van der Waals surface area (Å²) < 4.78 is 18.2. The molecule has 63 heavy (non-hydrogen) atoms. The highest BCUT2D eigenvalue weighted by molar-refractivity contribution is 6.31. The largest absolute Gasteiger partial charge is 0.490 e. The molecule has 4 aliphatic heterocycles. The number of halogens is 1. The van der Waals surface area contributed by atoms with Crippen molar-refractivity contribution in [1.82, 2.24) is 30.4 Å². The Bertz CT molecular complexity index is 2280. The van der Waals surface area contributed by atoms with E-state index in [1.165, 1.54) is 0 Å². The lowest BCUT2D eigenvalue weighted by molar-refractivity contribution is -0.136. The van der Waals surface area contributed by atoms with E-state index in [0.29, 0.717) is 45.8 Å². The fourth-order valence-corrected chi connectivity index (χ4v) is 10.1. The van der Waals surface area contributed by atoms with Crippen molar-refractivity contribution in [3.63, 3.8) is 0 Å². The number of rotatable bonds is 12. The molecule has 17 heteroatoms. The summed E-state index contributed by atoms with van der Waals surface area (Å²) in [6.07, 6.45) is 12.3. The summed E-state index contributed by atoms with van der Waals surface area (Å²) in [7, 11) is 0. The second kappa shape index (κ2) is 18.6. The number of hydrogen-bond donors (Lipinski definition) is 2. The Morgan fingerprint density at radius 3 is 2.27 bits per heavy atom. The number of nitrogens with one attached hydrogen (secondary N) is 2. The topological polar surface area (TPSA) is 196 Å². The van der Waals surface area contributed by atoms with Crippen LogP contribution in [0.4, 0.5) is 5.82 Å². The lowest BCUT2D eigenvalue weighted by atomic mass is 9.84. The zero-order valence-electron chi connectivity index (χ0n) is 35.0. The summed E-state index contributed by atoms with van der Waals surface area (Å²) in [5.74, 6) is 0.0857. The molecule has 2 N–H and O–H groups in total. The van der Waals surface area contributed by atoms with Crippen LogP contribution >= 0.6 is 11.6 Å². The molecule has 2 aliphatic carbocycles. The molecule has 1 aromatic heterocycles. The fraction of sp³-hybridized carbons (Fsp3) is 0.522.